The molecular formula is C18H31N3. The highest BCUT2D eigenvalue weighted by Crippen LogP contribution is 2.20. The molecule has 3 heteroatoms. The quantitative estimate of drug-likeness (QED) is 0.868. The summed E-state index contributed by atoms with van der Waals surface area (Å²) in [5.74, 6) is 0.862. The summed E-state index contributed by atoms with van der Waals surface area (Å²) in [7, 11) is 6.57. The van der Waals surface area contributed by atoms with Crippen molar-refractivity contribution >= 4 is 0 Å². The van der Waals surface area contributed by atoms with E-state index in [9.17, 15) is 0 Å². The Morgan fingerprint density at radius 1 is 1.29 bits per heavy atom. The Kier molecular flexibility index (Phi) is 6.22. The van der Waals surface area contributed by atoms with E-state index in [0.29, 0.717) is 6.04 Å². The molecule has 1 heterocycles. The SMILES string of the molecule is CNC(CN(C)CC1CCN(C)CC1)c1ccccc1C. The summed E-state index contributed by atoms with van der Waals surface area (Å²) in [6.07, 6.45) is 2.69. The van der Waals surface area contributed by atoms with Crippen molar-refractivity contribution in [2.45, 2.75) is 25.8 Å². The number of aryl methyl sites for hydroxylation is 1. The average molecular weight is 289 g/mol. The van der Waals surface area contributed by atoms with E-state index in [2.05, 4.69) is 67.4 Å². The molecule has 1 aromatic carbocycles. The molecule has 21 heavy (non-hydrogen) atoms. The van der Waals surface area contributed by atoms with Crippen molar-refractivity contribution in [1.82, 2.24) is 15.1 Å². The van der Waals surface area contributed by atoms with E-state index >= 15 is 0 Å². The van der Waals surface area contributed by atoms with Crippen LogP contribution >= 0.6 is 0 Å². The smallest absolute Gasteiger partial charge is 0.0449 e. The second kappa shape index (κ2) is 7.92. The zero-order valence-corrected chi connectivity index (χ0v) is 14.1. The van der Waals surface area contributed by atoms with Gasteiger partial charge in [0.2, 0.25) is 0 Å². The summed E-state index contributed by atoms with van der Waals surface area (Å²) in [4.78, 5) is 4.95. The standard InChI is InChI=1S/C18H31N3/c1-15-7-5-6-8-17(15)18(19-2)14-21(4)13-16-9-11-20(3)12-10-16/h5-8,16,18-19H,9-14H2,1-4H3. The first kappa shape index (κ1) is 16.5. The van der Waals surface area contributed by atoms with Crippen LogP contribution in [0.3, 0.4) is 0 Å². The summed E-state index contributed by atoms with van der Waals surface area (Å²) < 4.78 is 0. The van der Waals surface area contributed by atoms with Crippen LogP contribution in [0.2, 0.25) is 0 Å². The van der Waals surface area contributed by atoms with Crippen LogP contribution < -0.4 is 5.32 Å². The largest absolute Gasteiger partial charge is 0.312 e. The summed E-state index contributed by atoms with van der Waals surface area (Å²) in [5.41, 5.74) is 2.81. The third-order valence-corrected chi connectivity index (χ3v) is 4.81. The summed E-state index contributed by atoms with van der Waals surface area (Å²) in [6, 6.07) is 9.14. The maximum absolute atomic E-state index is 3.48. The monoisotopic (exact) mass is 289 g/mol. The molecule has 1 atom stereocenters. The van der Waals surface area contributed by atoms with E-state index in [1.54, 1.807) is 0 Å². The lowest BCUT2D eigenvalue weighted by atomic mass is 9.96. The van der Waals surface area contributed by atoms with Gasteiger partial charge >= 0.3 is 0 Å². The van der Waals surface area contributed by atoms with Crippen LogP contribution in [0.4, 0.5) is 0 Å². The fraction of sp³-hybridized carbons (Fsp3) is 0.667. The first-order chi connectivity index (χ1) is 10.1. The zero-order chi connectivity index (χ0) is 15.2. The van der Waals surface area contributed by atoms with Gasteiger partial charge in [0.25, 0.3) is 0 Å². The molecule has 0 amide bonds. The second-order valence-corrected chi connectivity index (χ2v) is 6.67. The minimum atomic E-state index is 0.419. The molecule has 1 saturated heterocycles. The molecule has 1 N–H and O–H groups in total. The summed E-state index contributed by atoms with van der Waals surface area (Å²) >= 11 is 0. The predicted molar refractivity (Wildman–Crippen MR) is 90.7 cm³/mol. The first-order valence-electron chi connectivity index (χ1n) is 8.20. The van der Waals surface area contributed by atoms with Crippen molar-refractivity contribution in [1.29, 1.82) is 0 Å². The highest BCUT2D eigenvalue weighted by molar-refractivity contribution is 5.28. The van der Waals surface area contributed by atoms with Gasteiger partial charge in [-0.15, -0.1) is 0 Å². The third-order valence-electron chi connectivity index (χ3n) is 4.81. The van der Waals surface area contributed by atoms with E-state index in [0.717, 1.165) is 12.5 Å². The van der Waals surface area contributed by atoms with Crippen LogP contribution in [0, 0.1) is 12.8 Å². The van der Waals surface area contributed by atoms with Crippen molar-refractivity contribution in [2.24, 2.45) is 5.92 Å². The Balaban J connectivity index is 1.88. The number of rotatable bonds is 6. The fourth-order valence-electron chi connectivity index (χ4n) is 3.39. The van der Waals surface area contributed by atoms with Crippen LogP contribution in [0.5, 0.6) is 0 Å². The van der Waals surface area contributed by atoms with Gasteiger partial charge in [0.05, 0.1) is 0 Å². The molecule has 1 unspecified atom stereocenters. The third kappa shape index (κ3) is 4.80. The molecule has 1 fully saturated rings. The van der Waals surface area contributed by atoms with Crippen molar-refractivity contribution < 1.29 is 0 Å². The topological polar surface area (TPSA) is 18.5 Å². The lowest BCUT2D eigenvalue weighted by molar-refractivity contribution is 0.170. The van der Waals surface area contributed by atoms with Gasteiger partial charge in [0, 0.05) is 19.1 Å². The maximum Gasteiger partial charge on any atom is 0.0449 e. The van der Waals surface area contributed by atoms with Crippen LogP contribution in [0.15, 0.2) is 24.3 Å². The van der Waals surface area contributed by atoms with Gasteiger partial charge in [-0.05, 0) is 71.0 Å². The van der Waals surface area contributed by atoms with E-state index in [-0.39, 0.29) is 0 Å². The van der Waals surface area contributed by atoms with Gasteiger partial charge in [-0.3, -0.25) is 0 Å². The predicted octanol–water partition coefficient (Wildman–Crippen LogP) is 2.53. The van der Waals surface area contributed by atoms with Crippen LogP contribution in [-0.2, 0) is 0 Å². The second-order valence-electron chi connectivity index (χ2n) is 6.67. The highest BCUT2D eigenvalue weighted by Gasteiger charge is 2.20. The fourth-order valence-corrected chi connectivity index (χ4v) is 3.39. The molecule has 2 rings (SSSR count). The minimum absolute atomic E-state index is 0.419. The molecule has 1 aliphatic rings. The number of likely N-dealkylation sites (N-methyl/N-ethyl adjacent to an activating group) is 2. The summed E-state index contributed by atoms with van der Waals surface area (Å²) in [5, 5.41) is 3.48. The molecule has 1 aromatic rings. The van der Waals surface area contributed by atoms with E-state index in [1.807, 2.05) is 0 Å². The zero-order valence-electron chi connectivity index (χ0n) is 14.1. The number of likely N-dealkylation sites (tertiary alicyclic amines) is 1. The van der Waals surface area contributed by atoms with Crippen LogP contribution in [0.1, 0.15) is 30.0 Å². The van der Waals surface area contributed by atoms with E-state index in [4.69, 9.17) is 0 Å². The van der Waals surface area contributed by atoms with Gasteiger partial charge in [-0.25, -0.2) is 0 Å². The van der Waals surface area contributed by atoms with Crippen molar-refractivity contribution in [3.63, 3.8) is 0 Å². The lowest BCUT2D eigenvalue weighted by Gasteiger charge is -2.33. The van der Waals surface area contributed by atoms with E-state index < -0.39 is 0 Å². The molecule has 0 bridgehead atoms. The number of benzene rings is 1. The van der Waals surface area contributed by atoms with Crippen LogP contribution in [0.25, 0.3) is 0 Å². The van der Waals surface area contributed by atoms with Gasteiger partial charge < -0.3 is 15.1 Å². The molecule has 118 valence electrons. The van der Waals surface area contributed by atoms with Crippen molar-refractivity contribution in [3.05, 3.63) is 35.4 Å². The number of nitrogens with one attached hydrogen (secondary N) is 1. The Bertz CT molecular complexity index is 424. The molecule has 0 saturated carbocycles. The molecule has 0 radical (unpaired) electrons. The molecule has 3 nitrogen and oxygen atoms in total. The highest BCUT2D eigenvalue weighted by atomic mass is 15.1. The van der Waals surface area contributed by atoms with E-state index in [1.165, 1.54) is 43.6 Å². The number of nitrogens with zero attached hydrogens (tertiary/aromatic N) is 2. The Morgan fingerprint density at radius 2 is 1.95 bits per heavy atom. The van der Waals surface area contributed by atoms with Crippen molar-refractivity contribution in [2.75, 3.05) is 47.3 Å². The molecule has 0 spiro atoms. The number of hydrogen-bond donors (Lipinski definition) is 1. The van der Waals surface area contributed by atoms with Crippen LogP contribution in [-0.4, -0.2) is 57.1 Å². The normalized spacial score (nSPS) is 19.1. The molecule has 0 aromatic heterocycles. The molecular weight excluding hydrogens is 258 g/mol. The molecule has 1 aliphatic heterocycles. The number of hydrogen-bond acceptors (Lipinski definition) is 3. The number of piperidine rings is 1. The Labute approximate surface area is 130 Å². The first-order valence-corrected chi connectivity index (χ1v) is 8.20. The lowest BCUT2D eigenvalue weighted by Crippen LogP contribution is -2.38. The van der Waals surface area contributed by atoms with Gasteiger partial charge in [-0.1, -0.05) is 24.3 Å². The van der Waals surface area contributed by atoms with Gasteiger partial charge in [0.15, 0.2) is 0 Å². The maximum atomic E-state index is 3.48. The average Bonchev–Trinajstić information content (AvgIpc) is 2.48. The summed E-state index contributed by atoms with van der Waals surface area (Å²) in [6.45, 7) is 7.01. The van der Waals surface area contributed by atoms with Gasteiger partial charge in [-0.2, -0.15) is 0 Å². The van der Waals surface area contributed by atoms with Crippen molar-refractivity contribution in [3.8, 4) is 0 Å². The Morgan fingerprint density at radius 3 is 2.57 bits per heavy atom. The Hall–Kier alpha value is -0.900. The van der Waals surface area contributed by atoms with Gasteiger partial charge in [0.1, 0.15) is 0 Å². The minimum Gasteiger partial charge on any atom is -0.312 e. The molecule has 0 aliphatic carbocycles.